The highest BCUT2D eigenvalue weighted by Crippen LogP contribution is 2.23. The molecule has 0 bridgehead atoms. The van der Waals surface area contributed by atoms with Crippen molar-refractivity contribution >= 4 is 5.97 Å². The first-order valence-electron chi connectivity index (χ1n) is 6.56. The van der Waals surface area contributed by atoms with Crippen molar-refractivity contribution in [2.24, 2.45) is 0 Å². The number of esters is 1. The van der Waals surface area contributed by atoms with Gasteiger partial charge < -0.3 is 4.74 Å². The number of fused-ring (bicyclic) bond motifs is 1. The zero-order chi connectivity index (χ0) is 12.1. The summed E-state index contributed by atoms with van der Waals surface area (Å²) < 4.78 is 5.17. The van der Waals surface area contributed by atoms with Gasteiger partial charge in [0.2, 0.25) is 0 Å². The minimum atomic E-state index is -0.101. The molecule has 0 spiro atoms. The van der Waals surface area contributed by atoms with E-state index in [4.69, 9.17) is 4.74 Å². The summed E-state index contributed by atoms with van der Waals surface area (Å²) in [6.45, 7) is 2.65. The third kappa shape index (κ3) is 3.32. The maximum Gasteiger partial charge on any atom is 0.310 e. The molecule has 1 aromatic rings. The van der Waals surface area contributed by atoms with Crippen LogP contribution in [0.4, 0.5) is 0 Å². The second-order valence-corrected chi connectivity index (χ2v) is 4.71. The lowest BCUT2D eigenvalue weighted by molar-refractivity contribution is -0.142. The molecular weight excluding hydrogens is 212 g/mol. The number of hydrogen-bond acceptors (Lipinski definition) is 2. The minimum Gasteiger partial charge on any atom is -0.465 e. The van der Waals surface area contributed by atoms with E-state index in [0.717, 1.165) is 24.8 Å². The molecule has 0 unspecified atom stereocenters. The van der Waals surface area contributed by atoms with Crippen LogP contribution in [0, 0.1) is 0 Å². The Hall–Kier alpha value is -1.31. The van der Waals surface area contributed by atoms with Crippen molar-refractivity contribution in [3.63, 3.8) is 0 Å². The summed E-state index contributed by atoms with van der Waals surface area (Å²) in [6.07, 6.45) is 6.03. The summed E-state index contributed by atoms with van der Waals surface area (Å²) in [4.78, 5) is 11.6. The van der Waals surface area contributed by atoms with Crippen LogP contribution < -0.4 is 0 Å². The fourth-order valence-corrected chi connectivity index (χ4v) is 2.28. The van der Waals surface area contributed by atoms with Crippen LogP contribution in [0.2, 0.25) is 0 Å². The van der Waals surface area contributed by atoms with Crippen LogP contribution in [0.3, 0.4) is 0 Å². The van der Waals surface area contributed by atoms with Crippen molar-refractivity contribution in [3.8, 4) is 0 Å². The summed E-state index contributed by atoms with van der Waals surface area (Å²) in [5.74, 6) is -0.101. The van der Waals surface area contributed by atoms with Gasteiger partial charge in [-0.1, -0.05) is 31.5 Å². The van der Waals surface area contributed by atoms with Gasteiger partial charge in [0.25, 0.3) is 0 Å². The summed E-state index contributed by atoms with van der Waals surface area (Å²) in [6, 6.07) is 6.39. The summed E-state index contributed by atoms with van der Waals surface area (Å²) in [5, 5.41) is 0. The summed E-state index contributed by atoms with van der Waals surface area (Å²) in [5.41, 5.74) is 3.96. The molecule has 0 N–H and O–H groups in total. The third-order valence-electron chi connectivity index (χ3n) is 3.27. The summed E-state index contributed by atoms with van der Waals surface area (Å²) in [7, 11) is 0. The Morgan fingerprint density at radius 2 is 2.12 bits per heavy atom. The summed E-state index contributed by atoms with van der Waals surface area (Å²) >= 11 is 0. The van der Waals surface area contributed by atoms with Crippen molar-refractivity contribution in [1.82, 2.24) is 0 Å². The maximum atomic E-state index is 11.6. The van der Waals surface area contributed by atoms with E-state index in [1.165, 1.54) is 24.0 Å². The number of aryl methyl sites for hydroxylation is 2. The Morgan fingerprint density at radius 1 is 1.29 bits per heavy atom. The van der Waals surface area contributed by atoms with E-state index in [1.54, 1.807) is 0 Å². The predicted octanol–water partition coefficient (Wildman–Crippen LogP) is 3.06. The zero-order valence-corrected chi connectivity index (χ0v) is 10.5. The Morgan fingerprint density at radius 3 is 2.94 bits per heavy atom. The third-order valence-corrected chi connectivity index (χ3v) is 3.27. The van der Waals surface area contributed by atoms with Crippen molar-refractivity contribution in [1.29, 1.82) is 0 Å². The van der Waals surface area contributed by atoms with Crippen LogP contribution in [-0.2, 0) is 28.8 Å². The van der Waals surface area contributed by atoms with E-state index in [9.17, 15) is 4.79 Å². The van der Waals surface area contributed by atoms with Crippen LogP contribution >= 0.6 is 0 Å². The van der Waals surface area contributed by atoms with Gasteiger partial charge in [0.05, 0.1) is 13.0 Å². The van der Waals surface area contributed by atoms with Gasteiger partial charge in [-0.05, 0) is 42.4 Å². The molecular formula is C15H20O2. The average molecular weight is 232 g/mol. The number of ether oxygens (including phenoxy) is 1. The molecule has 1 aliphatic rings. The Bertz CT molecular complexity index is 396. The van der Waals surface area contributed by atoms with Gasteiger partial charge >= 0.3 is 5.97 Å². The Balaban J connectivity index is 1.88. The van der Waals surface area contributed by atoms with Crippen LogP contribution in [0.5, 0.6) is 0 Å². The highest BCUT2D eigenvalue weighted by atomic mass is 16.5. The fourth-order valence-electron chi connectivity index (χ4n) is 2.28. The number of rotatable bonds is 5. The van der Waals surface area contributed by atoms with E-state index in [-0.39, 0.29) is 5.97 Å². The van der Waals surface area contributed by atoms with Gasteiger partial charge in [0.15, 0.2) is 0 Å². The standard InChI is InChI=1S/C15H20O2/c1-2-3-9-17-15(16)11-12-7-8-13-5-4-6-14(13)10-12/h7-8,10H,2-6,9,11H2,1H3. The molecule has 2 nitrogen and oxygen atoms in total. The van der Waals surface area contributed by atoms with Gasteiger partial charge in [-0.15, -0.1) is 0 Å². The average Bonchev–Trinajstić information content (AvgIpc) is 2.76. The molecule has 0 saturated heterocycles. The first kappa shape index (κ1) is 12.2. The van der Waals surface area contributed by atoms with E-state index >= 15 is 0 Å². The smallest absolute Gasteiger partial charge is 0.310 e. The lowest BCUT2D eigenvalue weighted by atomic mass is 10.0. The van der Waals surface area contributed by atoms with E-state index < -0.39 is 0 Å². The topological polar surface area (TPSA) is 26.3 Å². The molecule has 0 radical (unpaired) electrons. The largest absolute Gasteiger partial charge is 0.465 e. The van der Waals surface area contributed by atoms with Crippen molar-refractivity contribution in [3.05, 3.63) is 34.9 Å². The highest BCUT2D eigenvalue weighted by molar-refractivity contribution is 5.72. The molecule has 0 amide bonds. The zero-order valence-electron chi connectivity index (χ0n) is 10.5. The monoisotopic (exact) mass is 232 g/mol. The first-order valence-corrected chi connectivity index (χ1v) is 6.56. The van der Waals surface area contributed by atoms with Crippen LogP contribution in [0.1, 0.15) is 42.9 Å². The molecule has 0 atom stereocenters. The Labute approximate surface area is 103 Å². The van der Waals surface area contributed by atoms with E-state index in [1.807, 2.05) is 0 Å². The molecule has 0 fully saturated rings. The molecule has 0 saturated carbocycles. The predicted molar refractivity (Wildman–Crippen MR) is 68.0 cm³/mol. The molecule has 2 heteroatoms. The lowest BCUT2D eigenvalue weighted by Gasteiger charge is -2.06. The van der Waals surface area contributed by atoms with Crippen LogP contribution in [0.15, 0.2) is 18.2 Å². The quantitative estimate of drug-likeness (QED) is 0.576. The maximum absolute atomic E-state index is 11.6. The molecule has 0 aromatic heterocycles. The van der Waals surface area contributed by atoms with Crippen molar-refractivity contribution < 1.29 is 9.53 Å². The molecule has 2 rings (SSSR count). The minimum absolute atomic E-state index is 0.101. The van der Waals surface area contributed by atoms with Gasteiger partial charge in [-0.2, -0.15) is 0 Å². The number of benzene rings is 1. The van der Waals surface area contributed by atoms with Gasteiger partial charge in [0.1, 0.15) is 0 Å². The molecule has 1 aromatic carbocycles. The molecule has 17 heavy (non-hydrogen) atoms. The SMILES string of the molecule is CCCCOC(=O)Cc1ccc2c(c1)CCC2. The fraction of sp³-hybridized carbons (Fsp3) is 0.533. The van der Waals surface area contributed by atoms with Crippen LogP contribution in [-0.4, -0.2) is 12.6 Å². The van der Waals surface area contributed by atoms with Gasteiger partial charge in [-0.3, -0.25) is 4.79 Å². The van der Waals surface area contributed by atoms with E-state index in [2.05, 4.69) is 25.1 Å². The van der Waals surface area contributed by atoms with Crippen molar-refractivity contribution in [2.45, 2.75) is 45.4 Å². The molecule has 92 valence electrons. The number of hydrogen-bond donors (Lipinski definition) is 0. The second-order valence-electron chi connectivity index (χ2n) is 4.71. The van der Waals surface area contributed by atoms with Gasteiger partial charge in [0, 0.05) is 0 Å². The Kier molecular flexibility index (Phi) is 4.18. The first-order chi connectivity index (χ1) is 8.29. The molecule has 0 heterocycles. The molecule has 0 aliphatic heterocycles. The van der Waals surface area contributed by atoms with Crippen LogP contribution in [0.25, 0.3) is 0 Å². The molecule has 1 aliphatic carbocycles. The van der Waals surface area contributed by atoms with Gasteiger partial charge in [-0.25, -0.2) is 0 Å². The highest BCUT2D eigenvalue weighted by Gasteiger charge is 2.12. The number of carbonyl (C=O) groups is 1. The number of carbonyl (C=O) groups excluding carboxylic acids is 1. The second kappa shape index (κ2) is 5.85. The van der Waals surface area contributed by atoms with Crippen molar-refractivity contribution in [2.75, 3.05) is 6.61 Å². The number of unbranched alkanes of at least 4 members (excludes halogenated alkanes) is 1. The van der Waals surface area contributed by atoms with E-state index in [0.29, 0.717) is 13.0 Å². The lowest BCUT2D eigenvalue weighted by Crippen LogP contribution is -2.09. The normalized spacial score (nSPS) is 13.5.